The number of hydrogen-bond acceptors (Lipinski definition) is 8. The number of phenolic OH excluding ortho intramolecular Hbond substituents is 1. The standard InChI is InChI=1S/C18H20N4O6S/c1-10-4-7-16(28-3)14(8-10)20-18(25)17(11(2)23)22-21-13-9-12(29(19,26)27)5-6-15(13)24/h4-9,17,24H,1-3H3,(H,20,25)(H2,19,26,27). The second kappa shape index (κ2) is 8.80. The minimum atomic E-state index is -4.04. The van der Waals surface area contributed by atoms with Gasteiger partial charge in [-0.25, -0.2) is 13.6 Å². The first-order valence-corrected chi connectivity index (χ1v) is 9.80. The number of amides is 1. The van der Waals surface area contributed by atoms with Crippen LogP contribution in [0.3, 0.4) is 0 Å². The molecule has 0 saturated heterocycles. The van der Waals surface area contributed by atoms with Gasteiger partial charge in [-0.3, -0.25) is 9.59 Å². The van der Waals surface area contributed by atoms with Crippen LogP contribution in [0.2, 0.25) is 0 Å². The van der Waals surface area contributed by atoms with E-state index in [1.165, 1.54) is 7.11 Å². The fraction of sp³-hybridized carbons (Fsp3) is 0.222. The normalized spacial score (nSPS) is 12.6. The highest BCUT2D eigenvalue weighted by Crippen LogP contribution is 2.30. The lowest BCUT2D eigenvalue weighted by Crippen LogP contribution is -2.32. The van der Waals surface area contributed by atoms with Crippen LogP contribution in [-0.2, 0) is 19.6 Å². The number of aryl methyl sites for hydroxylation is 1. The van der Waals surface area contributed by atoms with Crippen molar-refractivity contribution < 1.29 is 27.9 Å². The molecule has 0 saturated carbocycles. The molecule has 0 fully saturated rings. The van der Waals surface area contributed by atoms with Crippen LogP contribution in [0.15, 0.2) is 51.5 Å². The lowest BCUT2D eigenvalue weighted by molar-refractivity contribution is -0.126. The predicted molar refractivity (Wildman–Crippen MR) is 105 cm³/mol. The topological polar surface area (TPSA) is 161 Å². The summed E-state index contributed by atoms with van der Waals surface area (Å²) in [4.78, 5) is 24.1. The Morgan fingerprint density at radius 2 is 1.90 bits per heavy atom. The first kappa shape index (κ1) is 22.0. The Hall–Kier alpha value is -3.31. The van der Waals surface area contributed by atoms with E-state index in [1.807, 2.05) is 6.92 Å². The van der Waals surface area contributed by atoms with Gasteiger partial charge in [-0.05, 0) is 49.7 Å². The van der Waals surface area contributed by atoms with Crippen molar-refractivity contribution in [2.45, 2.75) is 24.8 Å². The summed E-state index contributed by atoms with van der Waals surface area (Å²) in [5.74, 6) is -1.39. The number of aromatic hydroxyl groups is 1. The first-order chi connectivity index (χ1) is 13.5. The van der Waals surface area contributed by atoms with Crippen molar-refractivity contribution in [2.75, 3.05) is 12.4 Å². The van der Waals surface area contributed by atoms with Crippen molar-refractivity contribution in [3.05, 3.63) is 42.0 Å². The number of rotatable bonds is 7. The summed E-state index contributed by atoms with van der Waals surface area (Å²) in [5, 5.41) is 24.8. The Morgan fingerprint density at radius 1 is 1.21 bits per heavy atom. The molecule has 0 aromatic heterocycles. The van der Waals surface area contributed by atoms with Crippen LogP contribution in [0.1, 0.15) is 12.5 Å². The van der Waals surface area contributed by atoms with Crippen LogP contribution in [0.25, 0.3) is 0 Å². The average molecular weight is 420 g/mol. The molecule has 2 rings (SSSR count). The fourth-order valence-electron chi connectivity index (χ4n) is 2.32. The molecule has 0 bridgehead atoms. The number of carbonyl (C=O) groups excluding carboxylic acids is 2. The molecule has 2 aromatic carbocycles. The maximum Gasteiger partial charge on any atom is 0.258 e. The quantitative estimate of drug-likeness (QED) is 0.459. The number of nitrogens with zero attached hydrogens (tertiary/aromatic N) is 2. The van der Waals surface area contributed by atoms with Gasteiger partial charge in [-0.15, -0.1) is 0 Å². The number of ether oxygens (including phenoxy) is 1. The molecule has 0 radical (unpaired) electrons. The highest BCUT2D eigenvalue weighted by atomic mass is 32.2. The average Bonchev–Trinajstić information content (AvgIpc) is 2.62. The van der Waals surface area contributed by atoms with Gasteiger partial charge in [0.1, 0.15) is 17.2 Å². The summed E-state index contributed by atoms with van der Waals surface area (Å²) >= 11 is 0. The van der Waals surface area contributed by atoms with E-state index < -0.39 is 33.5 Å². The SMILES string of the molecule is COc1ccc(C)cc1NC(=O)C(N=Nc1cc(S(N)(=O)=O)ccc1O)C(C)=O. The number of hydrogen-bond donors (Lipinski definition) is 3. The van der Waals surface area contributed by atoms with Gasteiger partial charge in [-0.2, -0.15) is 10.2 Å². The molecule has 0 spiro atoms. The number of nitrogens with two attached hydrogens (primary N) is 1. The van der Waals surface area contributed by atoms with E-state index in [-0.39, 0.29) is 10.6 Å². The van der Waals surface area contributed by atoms with Gasteiger partial charge >= 0.3 is 0 Å². The molecule has 10 nitrogen and oxygen atoms in total. The minimum absolute atomic E-state index is 0.260. The Morgan fingerprint density at radius 3 is 2.48 bits per heavy atom. The van der Waals surface area contributed by atoms with E-state index in [1.54, 1.807) is 18.2 Å². The van der Waals surface area contributed by atoms with Crippen LogP contribution >= 0.6 is 0 Å². The predicted octanol–water partition coefficient (Wildman–Crippen LogP) is 2.04. The van der Waals surface area contributed by atoms with Crippen molar-refractivity contribution in [3.8, 4) is 11.5 Å². The van der Waals surface area contributed by atoms with Gasteiger partial charge < -0.3 is 15.2 Å². The van der Waals surface area contributed by atoms with E-state index >= 15 is 0 Å². The number of sulfonamides is 1. The molecular formula is C18H20N4O6S. The maximum atomic E-state index is 12.5. The molecule has 0 heterocycles. The van der Waals surface area contributed by atoms with E-state index in [0.29, 0.717) is 11.4 Å². The number of methoxy groups -OCH3 is 1. The lowest BCUT2D eigenvalue weighted by atomic mass is 10.1. The number of Topliss-reactive ketones (excluding diaryl/α,β-unsaturated/α-hetero) is 1. The number of ketones is 1. The lowest BCUT2D eigenvalue weighted by Gasteiger charge is -2.13. The molecule has 2 aromatic rings. The molecule has 154 valence electrons. The number of phenols is 1. The largest absolute Gasteiger partial charge is 0.506 e. The Kier molecular flexibility index (Phi) is 6.67. The van der Waals surface area contributed by atoms with Crippen LogP contribution in [0.5, 0.6) is 11.5 Å². The highest BCUT2D eigenvalue weighted by Gasteiger charge is 2.24. The molecular weight excluding hydrogens is 400 g/mol. The van der Waals surface area contributed by atoms with Crippen molar-refractivity contribution in [3.63, 3.8) is 0 Å². The zero-order valence-electron chi connectivity index (χ0n) is 15.9. The van der Waals surface area contributed by atoms with Crippen molar-refractivity contribution in [1.82, 2.24) is 0 Å². The van der Waals surface area contributed by atoms with Gasteiger partial charge in [0.25, 0.3) is 5.91 Å². The Labute approximate surface area is 167 Å². The van der Waals surface area contributed by atoms with Gasteiger partial charge in [-0.1, -0.05) is 6.07 Å². The summed E-state index contributed by atoms with van der Waals surface area (Å²) in [6.45, 7) is 2.97. The van der Waals surface area contributed by atoms with Crippen molar-refractivity contribution in [1.29, 1.82) is 0 Å². The molecule has 29 heavy (non-hydrogen) atoms. The Balaban J connectivity index is 2.32. The second-order valence-electron chi connectivity index (χ2n) is 6.12. The van der Waals surface area contributed by atoms with Gasteiger partial charge in [0.15, 0.2) is 5.78 Å². The molecule has 0 aliphatic carbocycles. The molecule has 0 aliphatic rings. The summed E-state index contributed by atoms with van der Waals surface area (Å²) in [6, 6.07) is 6.71. The van der Waals surface area contributed by atoms with Gasteiger partial charge in [0.05, 0.1) is 17.7 Å². The number of anilines is 1. The first-order valence-electron chi connectivity index (χ1n) is 8.25. The third kappa shape index (κ3) is 5.59. The minimum Gasteiger partial charge on any atom is -0.506 e. The third-order valence-electron chi connectivity index (χ3n) is 3.80. The van der Waals surface area contributed by atoms with Crippen LogP contribution in [0, 0.1) is 6.92 Å². The zero-order valence-corrected chi connectivity index (χ0v) is 16.7. The summed E-state index contributed by atoms with van der Waals surface area (Å²) in [5.41, 5.74) is 0.938. The third-order valence-corrected chi connectivity index (χ3v) is 4.71. The van der Waals surface area contributed by atoms with E-state index in [0.717, 1.165) is 30.7 Å². The fourth-order valence-corrected chi connectivity index (χ4v) is 2.85. The van der Waals surface area contributed by atoms with E-state index in [9.17, 15) is 23.1 Å². The summed E-state index contributed by atoms with van der Waals surface area (Å²) < 4.78 is 28.0. The van der Waals surface area contributed by atoms with E-state index in [2.05, 4.69) is 15.5 Å². The molecule has 0 aliphatic heterocycles. The second-order valence-corrected chi connectivity index (χ2v) is 7.68. The van der Waals surface area contributed by atoms with Crippen LogP contribution < -0.4 is 15.2 Å². The summed E-state index contributed by atoms with van der Waals surface area (Å²) in [7, 11) is -2.60. The number of benzene rings is 2. The number of azo groups is 1. The molecule has 1 atom stereocenters. The van der Waals surface area contributed by atoms with Gasteiger partial charge in [0.2, 0.25) is 16.1 Å². The van der Waals surface area contributed by atoms with Crippen LogP contribution in [-0.4, -0.2) is 38.4 Å². The molecule has 1 unspecified atom stereocenters. The smallest absolute Gasteiger partial charge is 0.258 e. The molecule has 1 amide bonds. The van der Waals surface area contributed by atoms with E-state index in [4.69, 9.17) is 9.88 Å². The van der Waals surface area contributed by atoms with Crippen molar-refractivity contribution in [2.24, 2.45) is 15.4 Å². The van der Waals surface area contributed by atoms with Gasteiger partial charge in [0, 0.05) is 0 Å². The number of primary sulfonamides is 1. The molecule has 4 N–H and O–H groups in total. The summed E-state index contributed by atoms with van der Waals surface area (Å²) in [6.07, 6.45) is 0. The highest BCUT2D eigenvalue weighted by molar-refractivity contribution is 7.89. The van der Waals surface area contributed by atoms with Crippen LogP contribution in [0.4, 0.5) is 11.4 Å². The Bertz CT molecular complexity index is 1080. The molecule has 11 heteroatoms. The number of nitrogens with one attached hydrogen (secondary N) is 1. The number of carbonyl (C=O) groups is 2. The maximum absolute atomic E-state index is 12.5. The zero-order chi connectivity index (χ0) is 21.8. The van der Waals surface area contributed by atoms with Crippen molar-refractivity contribution >= 4 is 33.1 Å². The monoisotopic (exact) mass is 420 g/mol.